The number of alkyl halides is 1. The van der Waals surface area contributed by atoms with Gasteiger partial charge in [0, 0.05) is 29.3 Å². The minimum Gasteiger partial charge on any atom is -0.338 e. The molecule has 1 fully saturated rings. The fourth-order valence-corrected chi connectivity index (χ4v) is 2.79. The van der Waals surface area contributed by atoms with Crippen LogP contribution < -0.4 is 0 Å². The van der Waals surface area contributed by atoms with Crippen molar-refractivity contribution in [1.82, 2.24) is 4.90 Å². The highest BCUT2D eigenvalue weighted by molar-refractivity contribution is 9.10. The van der Waals surface area contributed by atoms with Crippen LogP contribution in [0.15, 0.2) is 22.7 Å². The zero-order valence-corrected chi connectivity index (χ0v) is 12.3. The molecule has 17 heavy (non-hydrogen) atoms. The zero-order valence-electron chi connectivity index (χ0n) is 9.13. The average Bonchev–Trinajstić information content (AvgIpc) is 2.65. The molecular weight excluding hydrogens is 353 g/mol. The first-order chi connectivity index (χ1) is 8.10. The van der Waals surface area contributed by atoms with Gasteiger partial charge in [-0.15, -0.1) is 0 Å². The summed E-state index contributed by atoms with van der Waals surface area (Å²) >= 11 is 6.77. The summed E-state index contributed by atoms with van der Waals surface area (Å²) in [5.41, 5.74) is 0.813. The number of amides is 1. The minimum atomic E-state index is -0.271. The molecule has 0 N–H and O–H groups in total. The molecular formula is C12H12Br2FNO. The van der Waals surface area contributed by atoms with Crippen molar-refractivity contribution in [2.45, 2.75) is 13.0 Å². The first-order valence-electron chi connectivity index (χ1n) is 5.38. The van der Waals surface area contributed by atoms with E-state index in [1.54, 1.807) is 11.0 Å². The number of benzene rings is 1. The molecule has 0 spiro atoms. The molecule has 5 heteroatoms. The normalized spacial score (nSPS) is 20.1. The molecule has 1 amide bonds. The molecule has 1 aromatic rings. The highest BCUT2D eigenvalue weighted by Gasteiger charge is 2.28. The Morgan fingerprint density at radius 3 is 2.88 bits per heavy atom. The smallest absolute Gasteiger partial charge is 0.223 e. The van der Waals surface area contributed by atoms with Gasteiger partial charge in [-0.1, -0.05) is 31.9 Å². The molecule has 0 radical (unpaired) electrons. The number of likely N-dealkylation sites (tertiary alicyclic amines) is 1. The minimum absolute atomic E-state index is 0.144. The maximum Gasteiger partial charge on any atom is 0.223 e. The summed E-state index contributed by atoms with van der Waals surface area (Å²) in [4.78, 5) is 13.5. The van der Waals surface area contributed by atoms with Gasteiger partial charge in [-0.05, 0) is 29.7 Å². The molecule has 0 saturated carbocycles. The van der Waals surface area contributed by atoms with E-state index in [4.69, 9.17) is 0 Å². The molecule has 2 nitrogen and oxygen atoms in total. The van der Waals surface area contributed by atoms with Crippen molar-refractivity contribution >= 4 is 37.8 Å². The van der Waals surface area contributed by atoms with Crippen LogP contribution in [0.5, 0.6) is 0 Å². The predicted molar refractivity (Wildman–Crippen MR) is 71.4 cm³/mol. The third kappa shape index (κ3) is 3.07. The van der Waals surface area contributed by atoms with Gasteiger partial charge < -0.3 is 4.90 Å². The number of nitrogens with zero attached hydrogens (tertiary/aromatic N) is 1. The van der Waals surface area contributed by atoms with Crippen molar-refractivity contribution in [3.05, 3.63) is 34.1 Å². The Kier molecular flexibility index (Phi) is 4.20. The van der Waals surface area contributed by atoms with Gasteiger partial charge in [-0.25, -0.2) is 4.39 Å². The van der Waals surface area contributed by atoms with Crippen LogP contribution in [0.25, 0.3) is 0 Å². The van der Waals surface area contributed by atoms with Gasteiger partial charge >= 0.3 is 0 Å². The molecule has 1 atom stereocenters. The lowest BCUT2D eigenvalue weighted by Gasteiger charge is -2.17. The van der Waals surface area contributed by atoms with Crippen molar-refractivity contribution < 1.29 is 9.18 Å². The highest BCUT2D eigenvalue weighted by Crippen LogP contribution is 2.25. The van der Waals surface area contributed by atoms with Crippen LogP contribution in [0, 0.1) is 11.7 Å². The summed E-state index contributed by atoms with van der Waals surface area (Å²) in [6, 6.07) is 4.55. The Labute approximate surface area is 116 Å². The third-order valence-electron chi connectivity index (χ3n) is 2.88. The first kappa shape index (κ1) is 13.0. The summed E-state index contributed by atoms with van der Waals surface area (Å²) in [7, 11) is 0. The van der Waals surface area contributed by atoms with E-state index >= 15 is 0 Å². The van der Waals surface area contributed by atoms with Gasteiger partial charge in [0.15, 0.2) is 0 Å². The van der Waals surface area contributed by atoms with Gasteiger partial charge in [0.1, 0.15) is 5.82 Å². The van der Waals surface area contributed by atoms with Gasteiger partial charge in [-0.2, -0.15) is 0 Å². The molecule has 2 rings (SSSR count). The van der Waals surface area contributed by atoms with Crippen molar-refractivity contribution in [2.75, 3.05) is 11.9 Å². The Morgan fingerprint density at radius 1 is 1.47 bits per heavy atom. The average molecular weight is 365 g/mol. The largest absolute Gasteiger partial charge is 0.338 e. The summed E-state index contributed by atoms with van der Waals surface area (Å²) in [6.07, 6.45) is 0.582. The second-order valence-electron chi connectivity index (χ2n) is 4.23. The Hall–Kier alpha value is -0.420. The van der Waals surface area contributed by atoms with Crippen LogP contribution in [0.1, 0.15) is 12.0 Å². The van der Waals surface area contributed by atoms with E-state index in [1.807, 2.05) is 0 Å². The van der Waals surface area contributed by atoms with Crippen LogP contribution in [0.3, 0.4) is 0 Å². The maximum atomic E-state index is 13.1. The summed E-state index contributed by atoms with van der Waals surface area (Å²) in [5, 5.41) is 0.833. The Balaban J connectivity index is 2.11. The topological polar surface area (TPSA) is 20.3 Å². The maximum absolute atomic E-state index is 13.1. The quantitative estimate of drug-likeness (QED) is 0.753. The van der Waals surface area contributed by atoms with E-state index in [1.165, 1.54) is 12.1 Å². The van der Waals surface area contributed by atoms with E-state index < -0.39 is 0 Å². The van der Waals surface area contributed by atoms with E-state index in [0.29, 0.717) is 18.9 Å². The highest BCUT2D eigenvalue weighted by atomic mass is 79.9. The fraction of sp³-hybridized carbons (Fsp3) is 0.417. The van der Waals surface area contributed by atoms with Gasteiger partial charge in [0.2, 0.25) is 5.91 Å². The molecule has 0 bridgehead atoms. The number of hydrogen-bond acceptors (Lipinski definition) is 1. The second-order valence-corrected chi connectivity index (χ2v) is 5.74. The summed E-state index contributed by atoms with van der Waals surface area (Å²) in [6.45, 7) is 1.22. The molecule has 1 aliphatic heterocycles. The molecule has 1 heterocycles. The third-order valence-corrected chi connectivity index (χ3v) is 4.57. The van der Waals surface area contributed by atoms with Crippen LogP contribution >= 0.6 is 31.9 Å². The molecule has 1 aromatic carbocycles. The Bertz CT molecular complexity index is 439. The number of rotatable bonds is 3. The second kappa shape index (κ2) is 5.48. The van der Waals surface area contributed by atoms with E-state index in [0.717, 1.165) is 21.9 Å². The van der Waals surface area contributed by atoms with Crippen LogP contribution in [0.4, 0.5) is 4.39 Å². The number of halogens is 3. The lowest BCUT2D eigenvalue weighted by molar-refractivity contribution is -0.128. The van der Waals surface area contributed by atoms with Crippen LogP contribution in [-0.2, 0) is 11.3 Å². The molecule has 1 aliphatic rings. The fourth-order valence-electron chi connectivity index (χ4n) is 1.98. The standard InChI is InChI=1S/C12H12Br2FNO/c13-5-8-3-12(17)16(6-8)7-9-4-10(15)1-2-11(9)14/h1-2,4,8H,3,5-7H2. The molecule has 0 aromatic heterocycles. The number of carbonyl (C=O) groups is 1. The molecule has 92 valence electrons. The van der Waals surface area contributed by atoms with Gasteiger partial charge in [0.05, 0.1) is 0 Å². The monoisotopic (exact) mass is 363 g/mol. The van der Waals surface area contributed by atoms with Crippen LogP contribution in [0.2, 0.25) is 0 Å². The lowest BCUT2D eigenvalue weighted by Crippen LogP contribution is -2.25. The number of carbonyl (C=O) groups excluding carboxylic acids is 1. The van der Waals surface area contributed by atoms with Gasteiger partial charge in [0.25, 0.3) is 0 Å². The SMILES string of the molecule is O=C1CC(CBr)CN1Cc1cc(F)ccc1Br. The zero-order chi connectivity index (χ0) is 12.4. The van der Waals surface area contributed by atoms with E-state index in [2.05, 4.69) is 31.9 Å². The number of hydrogen-bond donors (Lipinski definition) is 0. The molecule has 1 unspecified atom stereocenters. The molecule has 0 aliphatic carbocycles. The first-order valence-corrected chi connectivity index (χ1v) is 7.29. The van der Waals surface area contributed by atoms with E-state index in [-0.39, 0.29) is 11.7 Å². The van der Waals surface area contributed by atoms with Gasteiger partial charge in [-0.3, -0.25) is 4.79 Å². The lowest BCUT2D eigenvalue weighted by atomic mass is 10.2. The van der Waals surface area contributed by atoms with Crippen LogP contribution in [-0.4, -0.2) is 22.7 Å². The Morgan fingerprint density at radius 2 is 2.24 bits per heavy atom. The van der Waals surface area contributed by atoms with Crippen molar-refractivity contribution in [3.63, 3.8) is 0 Å². The van der Waals surface area contributed by atoms with E-state index in [9.17, 15) is 9.18 Å². The van der Waals surface area contributed by atoms with Crippen molar-refractivity contribution in [1.29, 1.82) is 0 Å². The summed E-state index contributed by atoms with van der Waals surface area (Å²) in [5.74, 6) is 0.243. The molecule has 1 saturated heterocycles. The summed E-state index contributed by atoms with van der Waals surface area (Å²) < 4.78 is 14.0. The predicted octanol–water partition coefficient (Wildman–Crippen LogP) is 3.33. The van der Waals surface area contributed by atoms with Crippen molar-refractivity contribution in [3.8, 4) is 0 Å². The van der Waals surface area contributed by atoms with Crippen molar-refractivity contribution in [2.24, 2.45) is 5.92 Å².